The van der Waals surface area contributed by atoms with Crippen LogP contribution in [0.5, 0.6) is 0 Å². The zero-order valence-electron chi connectivity index (χ0n) is 11.5. The molecule has 0 spiro atoms. The van der Waals surface area contributed by atoms with Crippen LogP contribution in [-0.2, 0) is 9.53 Å². The number of nitrogens with zero attached hydrogens (tertiary/aromatic N) is 1. The fourth-order valence-corrected chi connectivity index (χ4v) is 1.69. The van der Waals surface area contributed by atoms with Gasteiger partial charge in [0, 0.05) is 26.2 Å². The summed E-state index contributed by atoms with van der Waals surface area (Å²) in [5, 5.41) is 3.11. The van der Waals surface area contributed by atoms with Crippen molar-refractivity contribution >= 4 is 5.91 Å². The monoisotopic (exact) mass is 245 g/mol. The number of carbonyl (C=O) groups excluding carboxylic acids is 1. The van der Waals surface area contributed by atoms with Gasteiger partial charge in [-0.1, -0.05) is 13.8 Å². The summed E-state index contributed by atoms with van der Waals surface area (Å²) in [7, 11) is 1.69. The SMILES string of the molecule is CCNC(CN(CCOC)C(C)CC)C(N)=O. The molecule has 17 heavy (non-hydrogen) atoms. The van der Waals surface area contributed by atoms with Crippen molar-refractivity contribution in [1.82, 2.24) is 10.2 Å². The van der Waals surface area contributed by atoms with Crippen LogP contribution in [0.3, 0.4) is 0 Å². The Morgan fingerprint density at radius 2 is 2.12 bits per heavy atom. The molecule has 0 rings (SSSR count). The van der Waals surface area contributed by atoms with Crippen LogP contribution in [0.4, 0.5) is 0 Å². The number of methoxy groups -OCH3 is 1. The standard InChI is InChI=1S/C12H27N3O2/c1-5-10(3)15(7-8-17-4)9-11(12(13)16)14-6-2/h10-11,14H,5-9H2,1-4H3,(H2,13,16). The van der Waals surface area contributed by atoms with Gasteiger partial charge in [-0.05, 0) is 19.9 Å². The van der Waals surface area contributed by atoms with Crippen molar-refractivity contribution in [3.63, 3.8) is 0 Å². The van der Waals surface area contributed by atoms with Crippen LogP contribution in [0.25, 0.3) is 0 Å². The fourth-order valence-electron chi connectivity index (χ4n) is 1.69. The molecule has 0 aliphatic heterocycles. The summed E-state index contributed by atoms with van der Waals surface area (Å²) < 4.78 is 5.09. The Kier molecular flexibility index (Phi) is 9.03. The number of nitrogens with two attached hydrogens (primary N) is 1. The van der Waals surface area contributed by atoms with Crippen LogP contribution in [0.15, 0.2) is 0 Å². The third kappa shape index (κ3) is 6.61. The lowest BCUT2D eigenvalue weighted by Crippen LogP contribution is -2.51. The second-order valence-electron chi connectivity index (χ2n) is 4.26. The predicted molar refractivity (Wildman–Crippen MR) is 69.9 cm³/mol. The number of hydrogen-bond acceptors (Lipinski definition) is 4. The number of rotatable bonds is 10. The second-order valence-corrected chi connectivity index (χ2v) is 4.26. The van der Waals surface area contributed by atoms with Crippen molar-refractivity contribution in [3.05, 3.63) is 0 Å². The molecule has 5 heteroatoms. The molecule has 0 fully saturated rings. The average molecular weight is 245 g/mol. The number of nitrogens with one attached hydrogen (secondary N) is 1. The summed E-state index contributed by atoms with van der Waals surface area (Å²) >= 11 is 0. The first-order chi connectivity index (χ1) is 8.06. The molecule has 5 nitrogen and oxygen atoms in total. The normalized spacial score (nSPS) is 14.9. The number of likely N-dealkylation sites (N-methyl/N-ethyl adjacent to an activating group) is 1. The van der Waals surface area contributed by atoms with Crippen molar-refractivity contribution in [3.8, 4) is 0 Å². The van der Waals surface area contributed by atoms with Crippen molar-refractivity contribution in [2.75, 3.05) is 33.4 Å². The Balaban J connectivity index is 4.40. The molecule has 0 aromatic heterocycles. The van der Waals surface area contributed by atoms with Gasteiger partial charge in [0.2, 0.25) is 5.91 Å². The van der Waals surface area contributed by atoms with E-state index in [1.165, 1.54) is 0 Å². The lowest BCUT2D eigenvalue weighted by molar-refractivity contribution is -0.120. The first kappa shape index (κ1) is 16.4. The number of amides is 1. The van der Waals surface area contributed by atoms with Gasteiger partial charge >= 0.3 is 0 Å². The van der Waals surface area contributed by atoms with E-state index in [0.717, 1.165) is 19.5 Å². The Hall–Kier alpha value is -0.650. The molecule has 2 atom stereocenters. The minimum Gasteiger partial charge on any atom is -0.383 e. The van der Waals surface area contributed by atoms with E-state index in [1.807, 2.05) is 6.92 Å². The quantitative estimate of drug-likeness (QED) is 0.577. The van der Waals surface area contributed by atoms with Crippen LogP contribution in [0.1, 0.15) is 27.2 Å². The smallest absolute Gasteiger partial charge is 0.235 e. The molecule has 0 aromatic carbocycles. The van der Waals surface area contributed by atoms with Gasteiger partial charge in [-0.3, -0.25) is 9.69 Å². The van der Waals surface area contributed by atoms with E-state index >= 15 is 0 Å². The average Bonchev–Trinajstić information content (AvgIpc) is 2.31. The molecule has 0 aliphatic carbocycles. The number of primary amides is 1. The molecule has 0 heterocycles. The minimum atomic E-state index is -0.294. The van der Waals surface area contributed by atoms with Crippen molar-refractivity contribution in [2.45, 2.75) is 39.3 Å². The topological polar surface area (TPSA) is 67.6 Å². The molecule has 0 bridgehead atoms. The molecule has 102 valence electrons. The highest BCUT2D eigenvalue weighted by Gasteiger charge is 2.20. The van der Waals surface area contributed by atoms with Gasteiger partial charge in [-0.2, -0.15) is 0 Å². The highest BCUT2D eigenvalue weighted by atomic mass is 16.5. The van der Waals surface area contributed by atoms with Gasteiger partial charge in [-0.15, -0.1) is 0 Å². The van der Waals surface area contributed by atoms with E-state index in [1.54, 1.807) is 7.11 Å². The number of hydrogen-bond donors (Lipinski definition) is 2. The molecule has 0 saturated carbocycles. The van der Waals surface area contributed by atoms with Gasteiger partial charge in [0.1, 0.15) is 0 Å². The van der Waals surface area contributed by atoms with E-state index in [4.69, 9.17) is 10.5 Å². The molecular weight excluding hydrogens is 218 g/mol. The first-order valence-corrected chi connectivity index (χ1v) is 6.32. The zero-order chi connectivity index (χ0) is 13.3. The Morgan fingerprint density at radius 3 is 2.53 bits per heavy atom. The van der Waals surface area contributed by atoms with Crippen LogP contribution in [0, 0.1) is 0 Å². The maximum atomic E-state index is 11.3. The summed E-state index contributed by atoms with van der Waals surface area (Å²) in [6.45, 7) is 9.13. The van der Waals surface area contributed by atoms with E-state index < -0.39 is 0 Å². The largest absolute Gasteiger partial charge is 0.383 e. The van der Waals surface area contributed by atoms with Crippen LogP contribution in [-0.4, -0.2) is 56.2 Å². The van der Waals surface area contributed by atoms with Crippen LogP contribution >= 0.6 is 0 Å². The van der Waals surface area contributed by atoms with Gasteiger partial charge in [0.05, 0.1) is 12.6 Å². The zero-order valence-corrected chi connectivity index (χ0v) is 11.5. The van der Waals surface area contributed by atoms with Crippen LogP contribution < -0.4 is 11.1 Å². The molecular formula is C12H27N3O2. The summed E-state index contributed by atoms with van der Waals surface area (Å²) in [6, 6.07) is 0.136. The maximum Gasteiger partial charge on any atom is 0.235 e. The van der Waals surface area contributed by atoms with Gasteiger partial charge in [-0.25, -0.2) is 0 Å². The first-order valence-electron chi connectivity index (χ1n) is 6.32. The molecule has 0 aromatic rings. The molecule has 1 amide bonds. The molecule has 2 unspecified atom stereocenters. The van der Waals surface area contributed by atoms with E-state index in [-0.39, 0.29) is 11.9 Å². The van der Waals surface area contributed by atoms with Crippen molar-refractivity contribution < 1.29 is 9.53 Å². The van der Waals surface area contributed by atoms with Crippen molar-refractivity contribution in [2.24, 2.45) is 5.73 Å². The Labute approximate surface area is 105 Å². The second kappa shape index (κ2) is 9.39. The van der Waals surface area contributed by atoms with Gasteiger partial charge < -0.3 is 15.8 Å². The summed E-state index contributed by atoms with van der Waals surface area (Å²) in [5.41, 5.74) is 5.38. The maximum absolute atomic E-state index is 11.3. The highest BCUT2D eigenvalue weighted by Crippen LogP contribution is 2.04. The number of ether oxygens (including phenoxy) is 1. The van der Waals surface area contributed by atoms with Gasteiger partial charge in [0.15, 0.2) is 0 Å². The van der Waals surface area contributed by atoms with Crippen LogP contribution in [0.2, 0.25) is 0 Å². The minimum absolute atomic E-state index is 0.286. The van der Waals surface area contributed by atoms with E-state index in [0.29, 0.717) is 19.2 Å². The van der Waals surface area contributed by atoms with E-state index in [9.17, 15) is 4.79 Å². The molecule has 3 N–H and O–H groups in total. The number of carbonyl (C=O) groups is 1. The van der Waals surface area contributed by atoms with E-state index in [2.05, 4.69) is 24.1 Å². The van der Waals surface area contributed by atoms with Crippen molar-refractivity contribution in [1.29, 1.82) is 0 Å². The predicted octanol–water partition coefficient (Wildman–Crippen LogP) is 0.197. The van der Waals surface area contributed by atoms with Gasteiger partial charge in [0.25, 0.3) is 0 Å². The third-order valence-corrected chi connectivity index (χ3v) is 3.01. The lowest BCUT2D eigenvalue weighted by atomic mass is 10.1. The molecule has 0 radical (unpaired) electrons. The third-order valence-electron chi connectivity index (χ3n) is 3.01. The Bertz CT molecular complexity index is 212. The molecule has 0 saturated heterocycles. The summed E-state index contributed by atoms with van der Waals surface area (Å²) in [6.07, 6.45) is 1.04. The molecule has 0 aliphatic rings. The summed E-state index contributed by atoms with van der Waals surface area (Å²) in [5.74, 6) is -0.294. The highest BCUT2D eigenvalue weighted by molar-refractivity contribution is 5.80. The Morgan fingerprint density at radius 1 is 1.47 bits per heavy atom. The fraction of sp³-hybridized carbons (Fsp3) is 0.917. The lowest BCUT2D eigenvalue weighted by Gasteiger charge is -2.31. The summed E-state index contributed by atoms with van der Waals surface area (Å²) in [4.78, 5) is 13.5.